The van der Waals surface area contributed by atoms with Crippen LogP contribution in [0, 0.1) is 0 Å². The van der Waals surface area contributed by atoms with Crippen molar-refractivity contribution in [3.8, 4) is 5.75 Å². The van der Waals surface area contributed by atoms with Crippen molar-refractivity contribution in [2.45, 2.75) is 68.9 Å². The highest BCUT2D eigenvalue weighted by Crippen LogP contribution is 2.41. The number of piperidine rings is 1. The molecule has 4 rings (SSSR count). The van der Waals surface area contributed by atoms with Crippen LogP contribution in [0.2, 0.25) is 0 Å². The maximum absolute atomic E-state index is 5.48. The molecule has 0 aromatic heterocycles. The van der Waals surface area contributed by atoms with Crippen molar-refractivity contribution in [2.75, 3.05) is 33.8 Å². The van der Waals surface area contributed by atoms with Gasteiger partial charge in [0.2, 0.25) is 0 Å². The summed E-state index contributed by atoms with van der Waals surface area (Å²) in [5, 5.41) is 7.35. The highest BCUT2D eigenvalue weighted by molar-refractivity contribution is 5.80. The Morgan fingerprint density at radius 1 is 1.18 bits per heavy atom. The fourth-order valence-electron chi connectivity index (χ4n) is 5.06. The van der Waals surface area contributed by atoms with E-state index in [1.54, 1.807) is 7.11 Å². The van der Waals surface area contributed by atoms with Crippen LogP contribution in [-0.4, -0.2) is 56.7 Å². The maximum Gasteiger partial charge on any atom is 0.191 e. The molecule has 0 atom stereocenters. The van der Waals surface area contributed by atoms with Crippen LogP contribution in [0.15, 0.2) is 29.3 Å². The molecule has 1 saturated heterocycles. The number of hydrogen-bond donors (Lipinski definition) is 2. The van der Waals surface area contributed by atoms with E-state index in [-0.39, 0.29) is 5.41 Å². The summed E-state index contributed by atoms with van der Waals surface area (Å²) in [5.41, 5.74) is 1.58. The minimum Gasteiger partial charge on any atom is -0.497 e. The van der Waals surface area contributed by atoms with E-state index >= 15 is 0 Å². The molecule has 3 fully saturated rings. The van der Waals surface area contributed by atoms with Crippen LogP contribution in [0.4, 0.5) is 0 Å². The van der Waals surface area contributed by atoms with E-state index < -0.39 is 0 Å². The molecule has 2 saturated carbocycles. The number of hydrogen-bond acceptors (Lipinski definition) is 3. The first kappa shape index (κ1) is 19.6. The van der Waals surface area contributed by atoms with E-state index in [9.17, 15) is 0 Å². The van der Waals surface area contributed by atoms with Crippen molar-refractivity contribution in [1.29, 1.82) is 0 Å². The zero-order chi connectivity index (χ0) is 19.4. The van der Waals surface area contributed by atoms with Crippen LogP contribution in [0.1, 0.15) is 56.9 Å². The average Bonchev–Trinajstić information content (AvgIpc) is 3.49. The van der Waals surface area contributed by atoms with Crippen LogP contribution in [0.3, 0.4) is 0 Å². The molecule has 5 nitrogen and oxygen atoms in total. The monoisotopic (exact) mass is 384 g/mol. The molecule has 0 amide bonds. The van der Waals surface area contributed by atoms with Gasteiger partial charge in [-0.1, -0.05) is 25.0 Å². The summed E-state index contributed by atoms with van der Waals surface area (Å²) >= 11 is 0. The molecule has 5 heteroatoms. The summed E-state index contributed by atoms with van der Waals surface area (Å²) in [6, 6.07) is 10.1. The predicted octanol–water partition coefficient (Wildman–Crippen LogP) is 3.30. The second kappa shape index (κ2) is 8.73. The molecule has 3 aliphatic rings. The normalized spacial score (nSPS) is 23.6. The predicted molar refractivity (Wildman–Crippen MR) is 115 cm³/mol. The zero-order valence-electron chi connectivity index (χ0n) is 17.5. The Kier molecular flexibility index (Phi) is 6.10. The van der Waals surface area contributed by atoms with E-state index in [0.717, 1.165) is 24.3 Å². The lowest BCUT2D eigenvalue weighted by molar-refractivity contribution is 0.197. The Morgan fingerprint density at radius 3 is 2.57 bits per heavy atom. The molecule has 2 aliphatic carbocycles. The van der Waals surface area contributed by atoms with Crippen LogP contribution in [-0.2, 0) is 5.41 Å². The molecule has 1 aromatic carbocycles. The molecule has 154 valence electrons. The number of methoxy groups -OCH3 is 1. The van der Waals surface area contributed by atoms with Crippen molar-refractivity contribution in [2.24, 2.45) is 4.99 Å². The molecule has 1 aromatic rings. The van der Waals surface area contributed by atoms with Crippen LogP contribution >= 0.6 is 0 Å². The van der Waals surface area contributed by atoms with Gasteiger partial charge in [-0.25, -0.2) is 0 Å². The molecule has 0 bridgehead atoms. The number of nitrogens with zero attached hydrogens (tertiary/aromatic N) is 2. The fourth-order valence-corrected chi connectivity index (χ4v) is 5.06. The third-order valence-electron chi connectivity index (χ3n) is 6.99. The van der Waals surface area contributed by atoms with Gasteiger partial charge in [-0.2, -0.15) is 0 Å². The highest BCUT2D eigenvalue weighted by atomic mass is 16.5. The van der Waals surface area contributed by atoms with Crippen molar-refractivity contribution in [3.63, 3.8) is 0 Å². The smallest absolute Gasteiger partial charge is 0.191 e. The Balaban J connectivity index is 1.35. The lowest BCUT2D eigenvalue weighted by Crippen LogP contribution is -2.51. The molecule has 1 heterocycles. The number of likely N-dealkylation sites (tertiary alicyclic amines) is 1. The van der Waals surface area contributed by atoms with E-state index in [1.807, 2.05) is 13.1 Å². The second-order valence-electron chi connectivity index (χ2n) is 8.83. The van der Waals surface area contributed by atoms with Crippen LogP contribution in [0.5, 0.6) is 5.75 Å². The molecule has 0 radical (unpaired) electrons. The Bertz CT molecular complexity index is 671. The minimum absolute atomic E-state index is 0.182. The summed E-state index contributed by atoms with van der Waals surface area (Å²) in [5.74, 6) is 1.91. The largest absolute Gasteiger partial charge is 0.497 e. The van der Waals surface area contributed by atoms with Crippen molar-refractivity contribution in [1.82, 2.24) is 15.5 Å². The first-order valence-electron chi connectivity index (χ1n) is 11.1. The van der Waals surface area contributed by atoms with Gasteiger partial charge >= 0.3 is 0 Å². The van der Waals surface area contributed by atoms with Gasteiger partial charge in [0.1, 0.15) is 5.75 Å². The van der Waals surface area contributed by atoms with E-state index in [1.165, 1.54) is 70.0 Å². The summed E-state index contributed by atoms with van der Waals surface area (Å²) in [4.78, 5) is 7.20. The van der Waals surface area contributed by atoms with Gasteiger partial charge < -0.3 is 20.3 Å². The first-order chi connectivity index (χ1) is 13.7. The lowest BCUT2D eigenvalue weighted by atomic mass is 9.78. The van der Waals surface area contributed by atoms with Gasteiger partial charge in [0, 0.05) is 44.2 Å². The number of aliphatic imine (C=N–C) groups is 1. The van der Waals surface area contributed by atoms with Crippen molar-refractivity contribution in [3.05, 3.63) is 29.8 Å². The number of benzene rings is 1. The highest BCUT2D eigenvalue weighted by Gasteiger charge is 2.36. The topological polar surface area (TPSA) is 48.9 Å². The van der Waals surface area contributed by atoms with Crippen LogP contribution in [0.25, 0.3) is 0 Å². The SMILES string of the molecule is CN=C(NCC1(c2cccc(OC)c2)CCCC1)NC1CCN(C2CC2)CC1. The third kappa shape index (κ3) is 4.45. The zero-order valence-corrected chi connectivity index (χ0v) is 17.5. The quantitative estimate of drug-likeness (QED) is 0.584. The van der Waals surface area contributed by atoms with Gasteiger partial charge in [-0.05, 0) is 56.2 Å². The van der Waals surface area contributed by atoms with Gasteiger partial charge in [0.15, 0.2) is 5.96 Å². The number of rotatable bonds is 6. The Labute approximate surface area is 169 Å². The van der Waals surface area contributed by atoms with Crippen molar-refractivity contribution < 1.29 is 4.74 Å². The van der Waals surface area contributed by atoms with Gasteiger partial charge in [-0.3, -0.25) is 4.99 Å². The van der Waals surface area contributed by atoms with Crippen LogP contribution < -0.4 is 15.4 Å². The molecular weight excluding hydrogens is 348 g/mol. The van der Waals surface area contributed by atoms with Crippen molar-refractivity contribution >= 4 is 5.96 Å². The maximum atomic E-state index is 5.48. The third-order valence-corrected chi connectivity index (χ3v) is 6.99. The molecule has 0 spiro atoms. The molecule has 0 unspecified atom stereocenters. The summed E-state index contributed by atoms with van der Waals surface area (Å²) < 4.78 is 5.48. The minimum atomic E-state index is 0.182. The lowest BCUT2D eigenvalue weighted by Gasteiger charge is -2.34. The van der Waals surface area contributed by atoms with Gasteiger partial charge in [0.25, 0.3) is 0 Å². The first-order valence-corrected chi connectivity index (χ1v) is 11.1. The van der Waals surface area contributed by atoms with Gasteiger partial charge in [0.05, 0.1) is 7.11 Å². The summed E-state index contributed by atoms with van der Waals surface area (Å²) in [6.45, 7) is 3.39. The van der Waals surface area contributed by atoms with E-state index in [0.29, 0.717) is 6.04 Å². The van der Waals surface area contributed by atoms with E-state index in [4.69, 9.17) is 4.74 Å². The molecule has 28 heavy (non-hydrogen) atoms. The standard InChI is InChI=1S/C23H36N4O/c1-24-22(26-19-10-14-27(15-11-19)20-8-9-20)25-17-23(12-3-4-13-23)18-6-5-7-21(16-18)28-2/h5-7,16,19-20H,3-4,8-15,17H2,1-2H3,(H2,24,25,26). The molecular formula is C23H36N4O. The number of nitrogens with one attached hydrogen (secondary N) is 2. The second-order valence-corrected chi connectivity index (χ2v) is 8.83. The average molecular weight is 385 g/mol. The molecule has 1 aliphatic heterocycles. The molecule has 2 N–H and O–H groups in total. The number of ether oxygens (including phenoxy) is 1. The van der Waals surface area contributed by atoms with Gasteiger partial charge in [-0.15, -0.1) is 0 Å². The summed E-state index contributed by atoms with van der Waals surface area (Å²) in [7, 11) is 3.64. The Hall–Kier alpha value is -1.75. The Morgan fingerprint density at radius 2 is 1.93 bits per heavy atom. The van der Waals surface area contributed by atoms with E-state index in [2.05, 4.69) is 38.7 Å². The fraction of sp³-hybridized carbons (Fsp3) is 0.696. The number of guanidine groups is 1. The summed E-state index contributed by atoms with van der Waals surface area (Å²) in [6.07, 6.45) is 10.3.